The van der Waals surface area contributed by atoms with Gasteiger partial charge in [-0.2, -0.15) is 11.8 Å². The number of benzene rings is 1. The standard InChI is InChI=1S/C15H18N2O3S/c18-12(11-4-2-1-3-5-11)10-17-13(19)15(16-14(17)20)6-8-21-9-7-15/h1-5,12,18H,6-10H2,(H,16,20). The molecule has 6 heteroatoms. The number of hydrogen-bond acceptors (Lipinski definition) is 4. The van der Waals surface area contributed by atoms with Gasteiger partial charge in [0, 0.05) is 0 Å². The van der Waals surface area contributed by atoms with Gasteiger partial charge in [-0.25, -0.2) is 4.79 Å². The van der Waals surface area contributed by atoms with Crippen LogP contribution in [0.4, 0.5) is 4.79 Å². The molecule has 0 aromatic heterocycles. The molecule has 0 bridgehead atoms. The van der Waals surface area contributed by atoms with Crippen LogP contribution in [-0.2, 0) is 4.79 Å². The van der Waals surface area contributed by atoms with Crippen molar-refractivity contribution >= 4 is 23.7 Å². The van der Waals surface area contributed by atoms with E-state index in [1.54, 1.807) is 23.9 Å². The fourth-order valence-corrected chi connectivity index (χ4v) is 4.04. The first kappa shape index (κ1) is 14.4. The maximum atomic E-state index is 12.6. The number of nitrogens with zero attached hydrogens (tertiary/aromatic N) is 1. The maximum Gasteiger partial charge on any atom is 0.325 e. The average molecular weight is 306 g/mol. The summed E-state index contributed by atoms with van der Waals surface area (Å²) in [4.78, 5) is 25.8. The van der Waals surface area contributed by atoms with E-state index in [0.29, 0.717) is 18.4 Å². The average Bonchev–Trinajstić information content (AvgIpc) is 2.73. The molecule has 2 saturated heterocycles. The van der Waals surface area contributed by atoms with Crippen molar-refractivity contribution in [1.82, 2.24) is 10.2 Å². The van der Waals surface area contributed by atoms with Crippen LogP contribution in [0.1, 0.15) is 24.5 Å². The van der Waals surface area contributed by atoms with Gasteiger partial charge in [0.15, 0.2) is 0 Å². The third-order valence-electron chi connectivity index (χ3n) is 4.13. The SMILES string of the molecule is O=C1NC2(CCSCC2)C(=O)N1CC(O)c1ccccc1. The summed E-state index contributed by atoms with van der Waals surface area (Å²) in [6.45, 7) is 0.00354. The molecule has 2 aliphatic heterocycles. The Labute approximate surface area is 127 Å². The molecule has 5 nitrogen and oxygen atoms in total. The lowest BCUT2D eigenvalue weighted by molar-refractivity contribution is -0.132. The Morgan fingerprint density at radius 2 is 1.90 bits per heavy atom. The minimum atomic E-state index is -0.853. The first-order chi connectivity index (χ1) is 10.1. The molecular formula is C15H18N2O3S. The third kappa shape index (κ3) is 2.65. The summed E-state index contributed by atoms with van der Waals surface area (Å²) in [6, 6.07) is 8.70. The molecule has 3 rings (SSSR count). The lowest BCUT2D eigenvalue weighted by atomic mass is 9.92. The van der Waals surface area contributed by atoms with Crippen molar-refractivity contribution in [1.29, 1.82) is 0 Å². The Hall–Kier alpha value is -1.53. The Morgan fingerprint density at radius 1 is 1.24 bits per heavy atom. The van der Waals surface area contributed by atoms with Gasteiger partial charge in [0.2, 0.25) is 0 Å². The van der Waals surface area contributed by atoms with Gasteiger partial charge in [0.1, 0.15) is 5.54 Å². The topological polar surface area (TPSA) is 69.6 Å². The second kappa shape index (κ2) is 5.69. The highest BCUT2D eigenvalue weighted by molar-refractivity contribution is 7.99. The third-order valence-corrected chi connectivity index (χ3v) is 5.12. The molecule has 21 heavy (non-hydrogen) atoms. The molecule has 0 aliphatic carbocycles. The number of urea groups is 1. The number of carbonyl (C=O) groups excluding carboxylic acids is 2. The number of carbonyl (C=O) groups is 2. The molecular weight excluding hydrogens is 288 g/mol. The Bertz CT molecular complexity index is 543. The molecule has 1 aromatic carbocycles. The number of aliphatic hydroxyl groups excluding tert-OH is 1. The van der Waals surface area contributed by atoms with Crippen LogP contribution in [0, 0.1) is 0 Å². The molecule has 112 valence electrons. The van der Waals surface area contributed by atoms with Crippen molar-refractivity contribution in [2.45, 2.75) is 24.5 Å². The van der Waals surface area contributed by atoms with Crippen LogP contribution in [0.3, 0.4) is 0 Å². The number of rotatable bonds is 3. The van der Waals surface area contributed by atoms with E-state index in [-0.39, 0.29) is 18.5 Å². The number of β-amino-alcohol motifs (C(OH)–C–C–N with tert-alkyl or cyclic N) is 1. The summed E-state index contributed by atoms with van der Waals surface area (Å²) in [5.74, 6) is 1.56. The van der Waals surface area contributed by atoms with Gasteiger partial charge in [0.05, 0.1) is 12.6 Å². The van der Waals surface area contributed by atoms with E-state index in [1.807, 2.05) is 18.2 Å². The van der Waals surface area contributed by atoms with Gasteiger partial charge in [-0.15, -0.1) is 0 Å². The molecule has 1 aromatic rings. The van der Waals surface area contributed by atoms with Crippen LogP contribution in [0.5, 0.6) is 0 Å². The molecule has 1 unspecified atom stereocenters. The zero-order valence-corrected chi connectivity index (χ0v) is 12.4. The second-order valence-corrected chi connectivity index (χ2v) is 6.69. The number of nitrogens with one attached hydrogen (secondary N) is 1. The minimum Gasteiger partial charge on any atom is -0.387 e. The van der Waals surface area contributed by atoms with Crippen LogP contribution in [0.15, 0.2) is 30.3 Å². The van der Waals surface area contributed by atoms with E-state index in [9.17, 15) is 14.7 Å². The van der Waals surface area contributed by atoms with Crippen molar-refractivity contribution in [2.24, 2.45) is 0 Å². The minimum absolute atomic E-state index is 0.00354. The van der Waals surface area contributed by atoms with Crippen molar-refractivity contribution < 1.29 is 14.7 Å². The van der Waals surface area contributed by atoms with E-state index < -0.39 is 11.6 Å². The number of amides is 3. The van der Waals surface area contributed by atoms with Gasteiger partial charge in [-0.1, -0.05) is 30.3 Å². The molecule has 2 N–H and O–H groups in total. The van der Waals surface area contributed by atoms with Gasteiger partial charge >= 0.3 is 6.03 Å². The summed E-state index contributed by atoms with van der Waals surface area (Å²) >= 11 is 1.80. The van der Waals surface area contributed by atoms with Crippen molar-refractivity contribution in [2.75, 3.05) is 18.1 Å². The Kier molecular flexibility index (Phi) is 3.91. The first-order valence-corrected chi connectivity index (χ1v) is 8.23. The van der Waals surface area contributed by atoms with Crippen LogP contribution < -0.4 is 5.32 Å². The number of hydrogen-bond donors (Lipinski definition) is 2. The van der Waals surface area contributed by atoms with Gasteiger partial charge in [-0.3, -0.25) is 9.69 Å². The van der Waals surface area contributed by atoms with Crippen LogP contribution >= 0.6 is 11.8 Å². The molecule has 0 radical (unpaired) electrons. The maximum absolute atomic E-state index is 12.6. The van der Waals surface area contributed by atoms with Gasteiger partial charge in [0.25, 0.3) is 5.91 Å². The molecule has 2 heterocycles. The van der Waals surface area contributed by atoms with E-state index >= 15 is 0 Å². The smallest absolute Gasteiger partial charge is 0.325 e. The molecule has 2 fully saturated rings. The van der Waals surface area contributed by atoms with Gasteiger partial charge in [-0.05, 0) is 29.9 Å². The van der Waals surface area contributed by atoms with E-state index in [2.05, 4.69) is 5.32 Å². The predicted molar refractivity (Wildman–Crippen MR) is 80.9 cm³/mol. The Balaban J connectivity index is 1.74. The molecule has 1 atom stereocenters. The molecule has 0 saturated carbocycles. The van der Waals surface area contributed by atoms with E-state index in [0.717, 1.165) is 16.4 Å². The fourth-order valence-electron chi connectivity index (χ4n) is 2.85. The van der Waals surface area contributed by atoms with E-state index in [1.165, 1.54) is 0 Å². The zero-order chi connectivity index (χ0) is 14.9. The molecule has 1 spiro atoms. The highest BCUT2D eigenvalue weighted by Gasteiger charge is 2.51. The van der Waals surface area contributed by atoms with Crippen LogP contribution in [0.2, 0.25) is 0 Å². The number of thioether (sulfide) groups is 1. The molecule has 3 amide bonds. The van der Waals surface area contributed by atoms with Gasteiger partial charge < -0.3 is 10.4 Å². The summed E-state index contributed by atoms with van der Waals surface area (Å²) in [5.41, 5.74) is -0.0306. The van der Waals surface area contributed by atoms with Crippen LogP contribution in [-0.4, -0.2) is 45.5 Å². The monoisotopic (exact) mass is 306 g/mol. The van der Waals surface area contributed by atoms with Crippen LogP contribution in [0.25, 0.3) is 0 Å². The quantitative estimate of drug-likeness (QED) is 0.831. The summed E-state index contributed by atoms with van der Waals surface area (Å²) in [5, 5.41) is 13.1. The zero-order valence-electron chi connectivity index (χ0n) is 11.6. The molecule has 2 aliphatic rings. The predicted octanol–water partition coefficient (Wildman–Crippen LogP) is 1.54. The van der Waals surface area contributed by atoms with Crippen molar-refractivity contribution in [3.8, 4) is 0 Å². The first-order valence-electron chi connectivity index (χ1n) is 7.07. The summed E-state index contributed by atoms with van der Waals surface area (Å²) < 4.78 is 0. The fraction of sp³-hybridized carbons (Fsp3) is 0.467. The lowest BCUT2D eigenvalue weighted by Crippen LogP contribution is -2.49. The normalized spacial score (nSPS) is 22.4. The van der Waals surface area contributed by atoms with Crippen molar-refractivity contribution in [3.05, 3.63) is 35.9 Å². The van der Waals surface area contributed by atoms with Crippen molar-refractivity contribution in [3.63, 3.8) is 0 Å². The second-order valence-electron chi connectivity index (χ2n) is 5.47. The lowest BCUT2D eigenvalue weighted by Gasteiger charge is -2.30. The number of aliphatic hydroxyl groups is 1. The largest absolute Gasteiger partial charge is 0.387 e. The highest BCUT2D eigenvalue weighted by Crippen LogP contribution is 2.33. The Morgan fingerprint density at radius 3 is 2.57 bits per heavy atom. The summed E-state index contributed by atoms with van der Waals surface area (Å²) in [7, 11) is 0. The van der Waals surface area contributed by atoms with E-state index in [4.69, 9.17) is 0 Å². The number of imide groups is 1. The highest BCUT2D eigenvalue weighted by atomic mass is 32.2. The summed E-state index contributed by atoms with van der Waals surface area (Å²) in [6.07, 6.45) is 0.481.